The number of rotatable bonds is 4. The molecule has 0 aromatic heterocycles. The van der Waals surface area contributed by atoms with E-state index in [9.17, 15) is 1.23 Å². The first-order valence-electron chi connectivity index (χ1n) is 8.42. The molecular formula is C20H20Si. The van der Waals surface area contributed by atoms with Crippen molar-refractivity contribution in [1.82, 2.24) is 0 Å². The Kier molecular flexibility index (Phi) is 3.60. The average Bonchev–Trinajstić information content (AvgIpc) is 2.64. The highest BCUT2D eigenvalue weighted by atomic mass is 28.3. The predicted molar refractivity (Wildman–Crippen MR) is 94.2 cm³/mol. The van der Waals surface area contributed by atoms with Gasteiger partial charge in [0.25, 0.3) is 0 Å². The van der Waals surface area contributed by atoms with E-state index in [1.54, 1.807) is 0 Å². The number of hydrogen-bond donors (Lipinski definition) is 0. The van der Waals surface area contributed by atoms with Crippen molar-refractivity contribution >= 4 is 19.1 Å². The number of benzene rings is 3. The minimum absolute atomic E-state index is 0.0894. The van der Waals surface area contributed by atoms with Crippen molar-refractivity contribution in [3.05, 3.63) is 96.6 Å². The van der Waals surface area contributed by atoms with Crippen LogP contribution in [-0.4, -0.2) is 9.96 Å². The van der Waals surface area contributed by atoms with E-state index in [-0.39, 0.29) is 12.4 Å². The summed E-state index contributed by atoms with van der Waals surface area (Å²) in [7, 11) is -2.81. The van der Waals surface area contributed by atoms with Gasteiger partial charge in [0.1, 0.15) is 8.73 Å². The highest BCUT2D eigenvalue weighted by Crippen LogP contribution is 2.18. The van der Waals surface area contributed by atoms with E-state index < -0.39 is 8.73 Å². The van der Waals surface area contributed by atoms with Crippen molar-refractivity contribution < 1.29 is 1.37 Å². The maximum Gasteiger partial charge on any atom is 0.110 e. The molecule has 0 saturated carbocycles. The molecule has 1 unspecified atom stereocenters. The van der Waals surface area contributed by atoms with Gasteiger partial charge >= 0.3 is 0 Å². The molecule has 0 amide bonds. The van der Waals surface area contributed by atoms with E-state index >= 15 is 0 Å². The van der Waals surface area contributed by atoms with Gasteiger partial charge in [-0.3, -0.25) is 0 Å². The molecule has 3 aromatic rings. The molecule has 1 heteroatoms. The molecule has 104 valence electrons. The van der Waals surface area contributed by atoms with E-state index in [0.29, 0.717) is 0 Å². The molecule has 21 heavy (non-hydrogen) atoms. The van der Waals surface area contributed by atoms with E-state index in [4.69, 9.17) is 1.37 Å². The third-order valence-corrected chi connectivity index (χ3v) is 6.66. The Morgan fingerprint density at radius 3 is 1.57 bits per heavy atom. The fourth-order valence-corrected chi connectivity index (χ4v) is 5.42. The van der Waals surface area contributed by atoms with Crippen LogP contribution in [0.5, 0.6) is 0 Å². The zero-order valence-corrected chi connectivity index (χ0v) is 12.9. The van der Waals surface area contributed by atoms with Gasteiger partial charge in [-0.05, 0) is 11.1 Å². The van der Waals surface area contributed by atoms with E-state index in [0.717, 1.165) is 15.9 Å². The van der Waals surface area contributed by atoms with E-state index in [1.165, 1.54) is 0 Å². The standard InChI is InChI=1S/C20H20Si/c1-17(18-11-5-2-6-12-18)21(19-13-7-3-8-14-19)20-15-9-4-10-16-20/h2-17,21H,1H3/i1D,21D. The molecule has 0 nitrogen and oxygen atoms in total. The Morgan fingerprint density at radius 1 is 0.714 bits per heavy atom. The molecule has 0 spiro atoms. The molecule has 0 bridgehead atoms. The SMILES string of the molecule is [2H]CC(c1ccccc1)[Si]([2H])(c1ccccc1)c1ccccc1. The van der Waals surface area contributed by atoms with Crippen molar-refractivity contribution in [3.8, 4) is 0 Å². The van der Waals surface area contributed by atoms with Crippen LogP contribution in [0.2, 0.25) is 0 Å². The molecular weight excluding hydrogens is 268 g/mol. The van der Waals surface area contributed by atoms with Gasteiger partial charge in [-0.15, -0.1) is 0 Å². The van der Waals surface area contributed by atoms with Crippen molar-refractivity contribution in [3.63, 3.8) is 0 Å². The Morgan fingerprint density at radius 2 is 1.14 bits per heavy atom. The monoisotopic (exact) mass is 290 g/mol. The maximum absolute atomic E-state index is 9.52. The summed E-state index contributed by atoms with van der Waals surface area (Å²) in [4.78, 5) is 0. The molecule has 0 aliphatic rings. The average molecular weight is 290 g/mol. The van der Waals surface area contributed by atoms with Crippen LogP contribution in [0, 0.1) is 0 Å². The Balaban J connectivity index is 2.19. The van der Waals surface area contributed by atoms with Gasteiger partial charge in [-0.25, -0.2) is 0 Å². The summed E-state index contributed by atoms with van der Waals surface area (Å²) in [6.07, 6.45) is 0. The fraction of sp³-hybridized carbons (Fsp3) is 0.100. The minimum atomic E-state index is -2.81. The zero-order valence-electron chi connectivity index (χ0n) is 13.9. The summed E-state index contributed by atoms with van der Waals surface area (Å²) in [6, 6.07) is 30.3. The van der Waals surface area contributed by atoms with Gasteiger partial charge in [0.15, 0.2) is 0 Å². The maximum atomic E-state index is 9.52. The highest BCUT2D eigenvalue weighted by molar-refractivity contribution is 6.86. The third-order valence-electron chi connectivity index (χ3n) is 3.72. The molecule has 0 aliphatic carbocycles. The Bertz CT molecular complexity index is 690. The first-order chi connectivity index (χ1) is 11.3. The van der Waals surface area contributed by atoms with E-state index in [2.05, 4.69) is 36.4 Å². The second kappa shape index (κ2) is 6.55. The number of hydrogen-bond acceptors (Lipinski definition) is 0. The lowest BCUT2D eigenvalue weighted by Crippen LogP contribution is -2.46. The lowest BCUT2D eigenvalue weighted by molar-refractivity contribution is 1.06. The molecule has 0 saturated heterocycles. The van der Waals surface area contributed by atoms with Crippen molar-refractivity contribution in [2.75, 3.05) is 0 Å². The fourth-order valence-electron chi connectivity index (χ4n) is 2.66. The molecule has 0 N–H and O–H groups in total. The zero-order chi connectivity index (χ0) is 16.1. The second-order valence-corrected chi connectivity index (χ2v) is 7.79. The van der Waals surface area contributed by atoms with Gasteiger partial charge in [-0.1, -0.05) is 108 Å². The molecule has 1 atom stereocenters. The molecule has 0 radical (unpaired) electrons. The van der Waals surface area contributed by atoms with Gasteiger partial charge in [0.05, 0.1) is 0 Å². The van der Waals surface area contributed by atoms with Gasteiger partial charge in [-0.2, -0.15) is 0 Å². The second-order valence-electron chi connectivity index (χ2n) is 5.11. The third kappa shape index (κ3) is 3.14. The first kappa shape index (κ1) is 11.5. The summed E-state index contributed by atoms with van der Waals surface area (Å²) in [6.45, 7) is 0.226. The summed E-state index contributed by atoms with van der Waals surface area (Å²) in [5, 5.41) is 2.12. The largest absolute Gasteiger partial charge is 0.110 e. The summed E-state index contributed by atoms with van der Waals surface area (Å²) >= 11 is 0. The van der Waals surface area contributed by atoms with Crippen molar-refractivity contribution in [2.24, 2.45) is 0 Å². The van der Waals surface area contributed by atoms with Crippen LogP contribution in [0.25, 0.3) is 0 Å². The smallest absolute Gasteiger partial charge is 0.0629 e. The normalized spacial score (nSPS) is 14.1. The molecule has 0 fully saturated rings. The molecule has 3 aromatic carbocycles. The molecule has 3 rings (SSSR count). The highest BCUT2D eigenvalue weighted by Gasteiger charge is 2.24. The van der Waals surface area contributed by atoms with Crippen LogP contribution in [0.1, 0.15) is 19.4 Å². The first-order valence-corrected chi connectivity index (χ1v) is 8.79. The minimum Gasteiger partial charge on any atom is -0.0629 e. The topological polar surface area (TPSA) is 0 Å². The van der Waals surface area contributed by atoms with Crippen LogP contribution in [0.3, 0.4) is 0 Å². The Hall–Kier alpha value is -2.12. The lowest BCUT2D eigenvalue weighted by atomic mass is 10.2. The van der Waals surface area contributed by atoms with Crippen LogP contribution in [0.4, 0.5) is 0 Å². The van der Waals surface area contributed by atoms with Crippen LogP contribution in [0.15, 0.2) is 91.0 Å². The van der Waals surface area contributed by atoms with Crippen molar-refractivity contribution in [2.45, 2.75) is 12.4 Å². The van der Waals surface area contributed by atoms with Gasteiger partial charge in [0.2, 0.25) is 0 Å². The van der Waals surface area contributed by atoms with E-state index in [1.807, 2.05) is 54.6 Å². The quantitative estimate of drug-likeness (QED) is 0.646. The predicted octanol–water partition coefficient (Wildman–Crippen LogP) is 3.37. The lowest BCUT2D eigenvalue weighted by Gasteiger charge is -2.24. The summed E-state index contributed by atoms with van der Waals surface area (Å²) in [5.74, 6) is 0. The molecule has 0 aliphatic heterocycles. The molecule has 0 heterocycles. The Labute approximate surface area is 131 Å². The summed E-state index contributed by atoms with van der Waals surface area (Å²) in [5.41, 5.74) is 1.00. The van der Waals surface area contributed by atoms with Gasteiger partial charge in [0, 0.05) is 2.61 Å². The van der Waals surface area contributed by atoms with Crippen LogP contribution in [-0.2, 0) is 0 Å². The summed E-state index contributed by atoms with van der Waals surface area (Å²) < 4.78 is 17.7. The van der Waals surface area contributed by atoms with Crippen molar-refractivity contribution in [1.29, 1.82) is 1.23 Å². The van der Waals surface area contributed by atoms with Gasteiger partial charge < -0.3 is 0 Å². The van der Waals surface area contributed by atoms with Crippen LogP contribution >= 0.6 is 0 Å². The van der Waals surface area contributed by atoms with Crippen LogP contribution < -0.4 is 10.4 Å².